The molecule has 0 aliphatic heterocycles. The summed E-state index contributed by atoms with van der Waals surface area (Å²) in [6, 6.07) is 18.0. The number of fused-ring (bicyclic) bond motifs is 1. The number of carbonyl (C=O) groups is 3. The van der Waals surface area contributed by atoms with E-state index in [1.54, 1.807) is 0 Å². The van der Waals surface area contributed by atoms with Crippen LogP contribution in [0.1, 0.15) is 62.9 Å². The molecule has 4 rings (SSSR count). The average Bonchev–Trinajstić information content (AvgIpc) is 3.58. The highest BCUT2D eigenvalue weighted by Gasteiger charge is 2.38. The molecule has 0 aliphatic carbocycles. The van der Waals surface area contributed by atoms with Gasteiger partial charge in [0.15, 0.2) is 0 Å². The molecule has 2 heterocycles. The quantitative estimate of drug-likeness (QED) is 0.164. The minimum Gasteiger partial charge on any atom is -0.475 e. The molecular formula is C31H35F3N4O4. The van der Waals surface area contributed by atoms with E-state index in [9.17, 15) is 22.8 Å². The van der Waals surface area contributed by atoms with E-state index in [4.69, 9.17) is 9.90 Å². The number of nitrogens with zero attached hydrogens (tertiary/aromatic N) is 2. The minimum atomic E-state index is -5.08. The van der Waals surface area contributed by atoms with Crippen LogP contribution in [0.2, 0.25) is 0 Å². The topological polar surface area (TPSA) is 117 Å². The molecule has 3 N–H and O–H groups in total. The molecule has 4 aromatic rings. The van der Waals surface area contributed by atoms with Gasteiger partial charge in [0.25, 0.3) is 0 Å². The summed E-state index contributed by atoms with van der Waals surface area (Å²) in [7, 11) is 2.00. The molecule has 2 aromatic heterocycles. The third kappa shape index (κ3) is 9.32. The van der Waals surface area contributed by atoms with Crippen molar-refractivity contribution in [2.75, 3.05) is 0 Å². The number of carboxylic acids is 1. The first kappa shape index (κ1) is 32.1. The minimum absolute atomic E-state index is 0.0230. The standard InChI is InChI=1S/C29H34N4O2.C2HF3O2/c1-3-23(34)14-8-5-9-16-25(29-30-19-26(32-29)21-12-6-4-7-13-21)31-28(35)18-22-20-33(2)27-17-11-10-15-24(22)27;3-2(4,5)1(6)7/h4,6-7,10-13,15,17,19-20,25H,3,5,8-9,14,16,18H2,1-2H3,(H,30,32)(H,31,35);(H,6,7)/t25-;/m0./s1. The van der Waals surface area contributed by atoms with Gasteiger partial charge in [-0.2, -0.15) is 13.2 Å². The molecule has 224 valence electrons. The normalized spacial score (nSPS) is 11.9. The number of carboxylic acid groups (broad SMARTS) is 1. The van der Waals surface area contributed by atoms with Crippen molar-refractivity contribution in [2.24, 2.45) is 7.05 Å². The van der Waals surface area contributed by atoms with Crippen LogP contribution < -0.4 is 5.32 Å². The number of aromatic nitrogens is 3. The number of nitrogens with one attached hydrogen (secondary N) is 2. The highest BCUT2D eigenvalue weighted by Crippen LogP contribution is 2.24. The van der Waals surface area contributed by atoms with E-state index < -0.39 is 12.1 Å². The van der Waals surface area contributed by atoms with Crippen LogP contribution in [-0.4, -0.2) is 43.5 Å². The number of alkyl halides is 3. The first-order valence-electron chi connectivity index (χ1n) is 13.7. The zero-order chi connectivity index (χ0) is 30.7. The molecule has 8 nitrogen and oxygen atoms in total. The zero-order valence-electron chi connectivity index (χ0n) is 23.6. The molecule has 0 radical (unpaired) electrons. The van der Waals surface area contributed by atoms with E-state index >= 15 is 0 Å². The monoisotopic (exact) mass is 584 g/mol. The van der Waals surface area contributed by atoms with Gasteiger partial charge in [0.05, 0.1) is 24.4 Å². The second-order valence-electron chi connectivity index (χ2n) is 9.92. The highest BCUT2D eigenvalue weighted by molar-refractivity contribution is 5.89. The number of halogens is 3. The number of imidazole rings is 1. The number of unbranched alkanes of at least 4 members (excludes halogenated alkanes) is 2. The molecule has 0 spiro atoms. The maximum Gasteiger partial charge on any atom is 0.490 e. The van der Waals surface area contributed by atoms with Gasteiger partial charge in [-0.1, -0.05) is 68.3 Å². The van der Waals surface area contributed by atoms with Gasteiger partial charge < -0.3 is 20.0 Å². The largest absolute Gasteiger partial charge is 0.490 e. The van der Waals surface area contributed by atoms with Gasteiger partial charge >= 0.3 is 12.1 Å². The number of carbonyl (C=O) groups excluding carboxylic acids is 2. The molecule has 42 heavy (non-hydrogen) atoms. The Balaban J connectivity index is 0.000000616. The molecule has 0 aliphatic rings. The molecule has 11 heteroatoms. The van der Waals surface area contributed by atoms with Crippen LogP contribution in [0.15, 0.2) is 67.0 Å². The van der Waals surface area contributed by atoms with Crippen LogP contribution in [0.3, 0.4) is 0 Å². The fraction of sp³-hybridized carbons (Fsp3) is 0.355. The van der Waals surface area contributed by atoms with Gasteiger partial charge in [-0.3, -0.25) is 9.59 Å². The molecule has 0 unspecified atom stereocenters. The fourth-order valence-electron chi connectivity index (χ4n) is 4.56. The fourth-order valence-corrected chi connectivity index (χ4v) is 4.56. The Morgan fingerprint density at radius 1 is 1.02 bits per heavy atom. The van der Waals surface area contributed by atoms with Crippen LogP contribution in [-0.2, 0) is 27.9 Å². The third-order valence-electron chi connectivity index (χ3n) is 6.76. The van der Waals surface area contributed by atoms with Crippen molar-refractivity contribution < 1.29 is 32.7 Å². The summed E-state index contributed by atoms with van der Waals surface area (Å²) in [6.45, 7) is 1.91. The number of ketones is 1. The lowest BCUT2D eigenvalue weighted by molar-refractivity contribution is -0.192. The summed E-state index contributed by atoms with van der Waals surface area (Å²) in [5.41, 5.74) is 4.13. The smallest absolute Gasteiger partial charge is 0.475 e. The van der Waals surface area contributed by atoms with Crippen molar-refractivity contribution in [2.45, 2.75) is 64.1 Å². The predicted molar refractivity (Wildman–Crippen MR) is 154 cm³/mol. The van der Waals surface area contributed by atoms with Crippen LogP contribution >= 0.6 is 0 Å². The lowest BCUT2D eigenvalue weighted by Crippen LogP contribution is -2.30. The van der Waals surface area contributed by atoms with Crippen LogP contribution in [0, 0.1) is 0 Å². The first-order valence-corrected chi connectivity index (χ1v) is 13.7. The van der Waals surface area contributed by atoms with Crippen molar-refractivity contribution in [1.29, 1.82) is 0 Å². The summed E-state index contributed by atoms with van der Waals surface area (Å²) < 4.78 is 33.8. The molecule has 0 bridgehead atoms. The van der Waals surface area contributed by atoms with Crippen molar-refractivity contribution in [3.8, 4) is 11.3 Å². The average molecular weight is 585 g/mol. The molecule has 0 saturated carbocycles. The lowest BCUT2D eigenvalue weighted by Gasteiger charge is -2.17. The number of amides is 1. The number of Topliss-reactive ketones (excluding diaryl/α,β-unsaturated/α-hetero) is 1. The Morgan fingerprint density at radius 3 is 2.36 bits per heavy atom. The van der Waals surface area contributed by atoms with Gasteiger partial charge in [0, 0.05) is 37.0 Å². The summed E-state index contributed by atoms with van der Waals surface area (Å²) >= 11 is 0. The Bertz CT molecular complexity index is 1480. The van der Waals surface area contributed by atoms with E-state index in [2.05, 4.69) is 32.0 Å². The summed E-state index contributed by atoms with van der Waals surface area (Å²) in [5.74, 6) is -1.71. The number of aryl methyl sites for hydroxylation is 1. The Morgan fingerprint density at radius 2 is 1.69 bits per heavy atom. The number of aromatic amines is 1. The number of aliphatic carboxylic acids is 1. The van der Waals surface area contributed by atoms with E-state index in [0.717, 1.165) is 59.2 Å². The molecule has 1 amide bonds. The van der Waals surface area contributed by atoms with Crippen molar-refractivity contribution >= 4 is 28.6 Å². The summed E-state index contributed by atoms with van der Waals surface area (Å²) in [6.07, 6.45) is 3.84. The summed E-state index contributed by atoms with van der Waals surface area (Å²) in [4.78, 5) is 41.7. The van der Waals surface area contributed by atoms with E-state index in [-0.39, 0.29) is 11.9 Å². The summed E-state index contributed by atoms with van der Waals surface area (Å²) in [5, 5.41) is 11.5. The number of H-pyrrole nitrogens is 1. The number of hydrogen-bond donors (Lipinski definition) is 3. The zero-order valence-corrected chi connectivity index (χ0v) is 23.6. The van der Waals surface area contributed by atoms with E-state index in [0.29, 0.717) is 25.0 Å². The van der Waals surface area contributed by atoms with Crippen molar-refractivity contribution in [3.63, 3.8) is 0 Å². The predicted octanol–water partition coefficient (Wildman–Crippen LogP) is 6.53. The molecule has 2 aromatic carbocycles. The van der Waals surface area contributed by atoms with Crippen molar-refractivity contribution in [3.05, 3.63) is 78.4 Å². The van der Waals surface area contributed by atoms with E-state index in [1.807, 2.05) is 68.8 Å². The number of benzene rings is 2. The van der Waals surface area contributed by atoms with Gasteiger partial charge in [-0.15, -0.1) is 0 Å². The number of hydrogen-bond acceptors (Lipinski definition) is 4. The highest BCUT2D eigenvalue weighted by atomic mass is 19.4. The van der Waals surface area contributed by atoms with E-state index in [1.165, 1.54) is 0 Å². The maximum absolute atomic E-state index is 13.1. The molecular weight excluding hydrogens is 549 g/mol. The lowest BCUT2D eigenvalue weighted by atomic mass is 10.0. The second-order valence-corrected chi connectivity index (χ2v) is 9.92. The van der Waals surface area contributed by atoms with Gasteiger partial charge in [0.2, 0.25) is 5.91 Å². The maximum atomic E-state index is 13.1. The van der Waals surface area contributed by atoms with Crippen molar-refractivity contribution in [1.82, 2.24) is 19.9 Å². The number of rotatable bonds is 12. The van der Waals surface area contributed by atoms with Crippen LogP contribution in [0.25, 0.3) is 22.2 Å². The number of para-hydroxylation sites is 1. The molecule has 0 saturated heterocycles. The Kier molecular flexibility index (Phi) is 11.5. The Labute approximate surface area is 242 Å². The van der Waals surface area contributed by atoms with Gasteiger partial charge in [0.1, 0.15) is 11.6 Å². The van der Waals surface area contributed by atoms with Crippen LogP contribution in [0.5, 0.6) is 0 Å². The first-order chi connectivity index (χ1) is 20.0. The second kappa shape index (κ2) is 15.0. The van der Waals surface area contributed by atoms with Gasteiger partial charge in [-0.05, 0) is 30.0 Å². The van der Waals surface area contributed by atoms with Gasteiger partial charge in [-0.25, -0.2) is 9.78 Å². The molecule has 0 fully saturated rings. The SMILES string of the molecule is CCC(=O)CCCCC[C@H](NC(=O)Cc1cn(C)c2ccccc12)c1ncc(-c2ccccc2)[nH]1.O=C(O)C(F)(F)F. The van der Waals surface area contributed by atoms with Crippen LogP contribution in [0.4, 0.5) is 13.2 Å². The third-order valence-corrected chi connectivity index (χ3v) is 6.76. The Hall–Kier alpha value is -4.41. The molecule has 1 atom stereocenters.